The number of rotatable bonds is 4. The van der Waals surface area contributed by atoms with E-state index in [1.807, 2.05) is 39.8 Å². The first kappa shape index (κ1) is 20.5. The van der Waals surface area contributed by atoms with E-state index in [0.717, 1.165) is 11.1 Å². The van der Waals surface area contributed by atoms with Gasteiger partial charge in [-0.1, -0.05) is 17.7 Å². The van der Waals surface area contributed by atoms with Gasteiger partial charge in [0.15, 0.2) is 0 Å². The molecule has 0 aliphatic carbocycles. The molecule has 1 aliphatic rings. The summed E-state index contributed by atoms with van der Waals surface area (Å²) in [6, 6.07) is 11.4. The topological polar surface area (TPSA) is 72.9 Å². The van der Waals surface area contributed by atoms with E-state index in [4.69, 9.17) is 9.47 Å². The Labute approximate surface area is 166 Å². The van der Waals surface area contributed by atoms with E-state index in [-0.39, 0.29) is 17.1 Å². The van der Waals surface area contributed by atoms with Crippen LogP contribution in [0.1, 0.15) is 35.3 Å². The summed E-state index contributed by atoms with van der Waals surface area (Å²) in [4.78, 5) is 12.6. The third kappa shape index (κ3) is 4.43. The molecule has 0 spiro atoms. The van der Waals surface area contributed by atoms with Crippen molar-refractivity contribution in [2.75, 3.05) is 13.1 Å². The number of hydrogen-bond acceptors (Lipinski definition) is 5. The van der Waals surface area contributed by atoms with E-state index >= 15 is 0 Å². The molecule has 0 N–H and O–H groups in total. The lowest BCUT2D eigenvalue weighted by molar-refractivity contribution is -0.0440. The predicted octanol–water partition coefficient (Wildman–Crippen LogP) is 3.32. The molecular weight excluding hydrogens is 378 g/mol. The molecule has 28 heavy (non-hydrogen) atoms. The van der Waals surface area contributed by atoms with E-state index in [0.29, 0.717) is 24.4 Å². The van der Waals surface area contributed by atoms with Gasteiger partial charge in [-0.05, 0) is 63.6 Å². The van der Waals surface area contributed by atoms with Gasteiger partial charge in [-0.3, -0.25) is 0 Å². The fourth-order valence-corrected chi connectivity index (χ4v) is 4.90. The Balaban J connectivity index is 1.76. The van der Waals surface area contributed by atoms with Gasteiger partial charge in [0.25, 0.3) is 0 Å². The lowest BCUT2D eigenvalue weighted by Gasteiger charge is -2.34. The van der Waals surface area contributed by atoms with Gasteiger partial charge in [0.1, 0.15) is 5.75 Å². The number of morpholine rings is 1. The number of benzene rings is 2. The van der Waals surface area contributed by atoms with E-state index in [9.17, 15) is 13.2 Å². The highest BCUT2D eigenvalue weighted by atomic mass is 32.2. The van der Waals surface area contributed by atoms with Crippen molar-refractivity contribution in [3.63, 3.8) is 0 Å². The van der Waals surface area contributed by atoms with Crippen LogP contribution in [0.4, 0.5) is 0 Å². The Hall–Kier alpha value is -2.22. The molecule has 6 nitrogen and oxygen atoms in total. The molecule has 1 fully saturated rings. The largest absolute Gasteiger partial charge is 0.423 e. The van der Waals surface area contributed by atoms with Crippen LogP contribution in [0.5, 0.6) is 5.75 Å². The summed E-state index contributed by atoms with van der Waals surface area (Å²) in [5.74, 6) is -0.0342. The summed E-state index contributed by atoms with van der Waals surface area (Å²) in [7, 11) is -3.64. The SMILES string of the molecule is Cc1ccc(OC(=O)c2ccc(S(=O)(=O)N3C[C@H](C)O[C@@H](C)C3)cc2)c(C)c1. The Bertz CT molecular complexity index is 959. The second-order valence-electron chi connectivity index (χ2n) is 7.26. The normalized spacial score (nSPS) is 20.7. The minimum absolute atomic E-state index is 0.150. The summed E-state index contributed by atoms with van der Waals surface area (Å²) in [5.41, 5.74) is 2.24. The maximum absolute atomic E-state index is 12.9. The first-order chi connectivity index (χ1) is 13.2. The van der Waals surface area contributed by atoms with Gasteiger partial charge in [0.05, 0.1) is 22.7 Å². The van der Waals surface area contributed by atoms with E-state index in [1.165, 1.54) is 28.6 Å². The van der Waals surface area contributed by atoms with E-state index in [2.05, 4.69) is 0 Å². The molecule has 2 atom stereocenters. The Morgan fingerprint density at radius 2 is 1.64 bits per heavy atom. The summed E-state index contributed by atoms with van der Waals surface area (Å²) in [6.45, 7) is 8.16. The predicted molar refractivity (Wildman–Crippen MR) is 106 cm³/mol. The number of aryl methyl sites for hydroxylation is 2. The Morgan fingerprint density at radius 1 is 1.04 bits per heavy atom. The number of carbonyl (C=O) groups excluding carboxylic acids is 1. The van der Waals surface area contributed by atoms with Gasteiger partial charge in [0, 0.05) is 13.1 Å². The monoisotopic (exact) mass is 403 g/mol. The molecule has 0 saturated carbocycles. The maximum Gasteiger partial charge on any atom is 0.343 e. The smallest absolute Gasteiger partial charge is 0.343 e. The van der Waals surface area contributed by atoms with Crippen molar-refractivity contribution in [1.82, 2.24) is 4.31 Å². The van der Waals surface area contributed by atoms with Crippen LogP contribution < -0.4 is 4.74 Å². The molecule has 2 aromatic rings. The Morgan fingerprint density at radius 3 is 2.21 bits per heavy atom. The maximum atomic E-state index is 12.9. The molecule has 0 amide bonds. The lowest BCUT2D eigenvalue weighted by atomic mass is 10.1. The van der Waals surface area contributed by atoms with Crippen molar-refractivity contribution in [2.45, 2.75) is 44.8 Å². The van der Waals surface area contributed by atoms with Crippen molar-refractivity contribution >= 4 is 16.0 Å². The first-order valence-corrected chi connectivity index (χ1v) is 10.7. The third-order valence-corrected chi connectivity index (χ3v) is 6.49. The van der Waals surface area contributed by atoms with E-state index < -0.39 is 16.0 Å². The average Bonchev–Trinajstić information content (AvgIpc) is 2.63. The molecular formula is C21H25NO5S. The quantitative estimate of drug-likeness (QED) is 0.578. The van der Waals surface area contributed by atoms with Crippen LogP contribution in [0.25, 0.3) is 0 Å². The average molecular weight is 404 g/mol. The summed E-state index contributed by atoms with van der Waals surface area (Å²) < 4.78 is 38.2. The van der Waals surface area contributed by atoms with Crippen LogP contribution in [-0.4, -0.2) is 44.0 Å². The summed E-state index contributed by atoms with van der Waals surface area (Å²) in [6.07, 6.45) is -0.323. The molecule has 3 rings (SSSR count). The number of sulfonamides is 1. The fraction of sp³-hybridized carbons (Fsp3) is 0.381. The molecule has 7 heteroatoms. The van der Waals surface area contributed by atoms with Crippen LogP contribution in [0.3, 0.4) is 0 Å². The van der Waals surface area contributed by atoms with Gasteiger partial charge in [-0.2, -0.15) is 4.31 Å². The molecule has 1 aliphatic heterocycles. The molecule has 150 valence electrons. The van der Waals surface area contributed by atoms with Gasteiger partial charge < -0.3 is 9.47 Å². The molecule has 0 aromatic heterocycles. The summed E-state index contributed by atoms with van der Waals surface area (Å²) >= 11 is 0. The summed E-state index contributed by atoms with van der Waals surface area (Å²) in [5, 5.41) is 0. The minimum Gasteiger partial charge on any atom is -0.423 e. The molecule has 1 heterocycles. The second-order valence-corrected chi connectivity index (χ2v) is 9.20. The first-order valence-electron chi connectivity index (χ1n) is 9.22. The second kappa shape index (κ2) is 8.03. The standard InChI is InChI=1S/C21H25NO5S/c1-14-5-10-20(15(2)11-14)27-21(23)18-6-8-19(9-7-18)28(24,25)22-12-16(3)26-17(4)13-22/h5-11,16-17H,12-13H2,1-4H3/t16-,17-/m0/s1. The van der Waals surface area contributed by atoms with Gasteiger partial charge in [0.2, 0.25) is 10.0 Å². The molecule has 0 radical (unpaired) electrons. The lowest BCUT2D eigenvalue weighted by Crippen LogP contribution is -2.48. The zero-order chi connectivity index (χ0) is 20.5. The zero-order valence-electron chi connectivity index (χ0n) is 16.5. The van der Waals surface area contributed by atoms with Crippen LogP contribution in [0.2, 0.25) is 0 Å². The minimum atomic E-state index is -3.64. The number of carbonyl (C=O) groups is 1. The van der Waals surface area contributed by atoms with Crippen LogP contribution in [0, 0.1) is 13.8 Å². The van der Waals surface area contributed by atoms with Gasteiger partial charge >= 0.3 is 5.97 Å². The highest BCUT2D eigenvalue weighted by Gasteiger charge is 2.32. The molecule has 0 bridgehead atoms. The molecule has 0 unspecified atom stereocenters. The number of nitrogens with zero attached hydrogens (tertiary/aromatic N) is 1. The Kier molecular flexibility index (Phi) is 5.88. The van der Waals surface area contributed by atoms with Crippen molar-refractivity contribution in [1.29, 1.82) is 0 Å². The molecule has 1 saturated heterocycles. The van der Waals surface area contributed by atoms with Crippen LogP contribution >= 0.6 is 0 Å². The van der Waals surface area contributed by atoms with Gasteiger partial charge in [-0.25, -0.2) is 13.2 Å². The van der Waals surface area contributed by atoms with E-state index in [1.54, 1.807) is 6.07 Å². The van der Waals surface area contributed by atoms with Crippen molar-refractivity contribution in [3.05, 3.63) is 59.2 Å². The zero-order valence-corrected chi connectivity index (χ0v) is 17.3. The van der Waals surface area contributed by atoms with Crippen LogP contribution in [-0.2, 0) is 14.8 Å². The number of esters is 1. The van der Waals surface area contributed by atoms with Crippen molar-refractivity contribution in [2.24, 2.45) is 0 Å². The highest BCUT2D eigenvalue weighted by Crippen LogP contribution is 2.23. The third-order valence-electron chi connectivity index (χ3n) is 4.65. The van der Waals surface area contributed by atoms with Crippen molar-refractivity contribution in [3.8, 4) is 5.75 Å². The van der Waals surface area contributed by atoms with Crippen molar-refractivity contribution < 1.29 is 22.7 Å². The number of ether oxygens (including phenoxy) is 2. The highest BCUT2D eigenvalue weighted by molar-refractivity contribution is 7.89. The fourth-order valence-electron chi connectivity index (χ4n) is 3.31. The van der Waals surface area contributed by atoms with Gasteiger partial charge in [-0.15, -0.1) is 0 Å². The number of hydrogen-bond donors (Lipinski definition) is 0. The van der Waals surface area contributed by atoms with Crippen LogP contribution in [0.15, 0.2) is 47.4 Å². The molecule has 2 aromatic carbocycles.